The monoisotopic (exact) mass is 208 g/mol. The van der Waals surface area contributed by atoms with Gasteiger partial charge in [-0.3, -0.25) is 13.9 Å². The molecule has 0 saturated heterocycles. The maximum atomic E-state index is 11.6. The van der Waals surface area contributed by atoms with E-state index in [1.54, 1.807) is 0 Å². The molecule has 80 valence electrons. The lowest BCUT2D eigenvalue weighted by atomic mass is 10.4. The van der Waals surface area contributed by atoms with Crippen molar-refractivity contribution in [2.75, 3.05) is 6.54 Å². The molecule has 6 heteroatoms. The quantitative estimate of drug-likeness (QED) is 0.678. The van der Waals surface area contributed by atoms with Crippen molar-refractivity contribution >= 4 is 0 Å². The van der Waals surface area contributed by atoms with Gasteiger partial charge in [-0.05, 0) is 13.0 Å². The molecule has 0 atom stereocenters. The van der Waals surface area contributed by atoms with Crippen LogP contribution in [0.5, 0.6) is 0 Å². The average Bonchev–Trinajstić information content (AvgIpc) is 2.22. The van der Waals surface area contributed by atoms with Crippen LogP contribution in [0.25, 0.3) is 0 Å². The lowest BCUT2D eigenvalue weighted by molar-refractivity contribution is 0.558. The van der Waals surface area contributed by atoms with Crippen LogP contribution in [0.15, 0.2) is 21.9 Å². The van der Waals surface area contributed by atoms with E-state index >= 15 is 0 Å². The summed E-state index contributed by atoms with van der Waals surface area (Å²) < 4.78 is 2.28. The highest BCUT2D eigenvalue weighted by atomic mass is 16.2. The predicted octanol–water partition coefficient (Wildman–Crippen LogP) is -1.12. The molecule has 2 N–H and O–H groups in total. The van der Waals surface area contributed by atoms with E-state index in [4.69, 9.17) is 11.0 Å². The fourth-order valence-corrected chi connectivity index (χ4v) is 1.21. The Morgan fingerprint density at radius 2 is 2.20 bits per heavy atom. The van der Waals surface area contributed by atoms with E-state index in [9.17, 15) is 9.59 Å². The molecule has 6 nitrogen and oxygen atoms in total. The molecule has 0 unspecified atom stereocenters. The zero-order valence-electron chi connectivity index (χ0n) is 8.22. The fourth-order valence-electron chi connectivity index (χ4n) is 1.21. The third-order valence-electron chi connectivity index (χ3n) is 1.97. The number of nitriles is 1. The van der Waals surface area contributed by atoms with Gasteiger partial charge in [0.1, 0.15) is 6.54 Å². The molecule has 0 bridgehead atoms. The van der Waals surface area contributed by atoms with Gasteiger partial charge in [0.2, 0.25) is 0 Å². The minimum atomic E-state index is -0.461. The Morgan fingerprint density at radius 3 is 2.80 bits per heavy atom. The van der Waals surface area contributed by atoms with Crippen LogP contribution < -0.4 is 17.0 Å². The summed E-state index contributed by atoms with van der Waals surface area (Å²) in [5.74, 6) is 0. The van der Waals surface area contributed by atoms with Gasteiger partial charge in [-0.1, -0.05) is 0 Å². The summed E-state index contributed by atoms with van der Waals surface area (Å²) in [4.78, 5) is 22.9. The van der Waals surface area contributed by atoms with Crippen molar-refractivity contribution in [2.45, 2.75) is 19.5 Å². The lowest BCUT2D eigenvalue weighted by Crippen LogP contribution is -2.39. The lowest BCUT2D eigenvalue weighted by Gasteiger charge is -2.05. The molecule has 0 amide bonds. The van der Waals surface area contributed by atoms with Crippen molar-refractivity contribution in [1.29, 1.82) is 5.26 Å². The topological polar surface area (TPSA) is 93.8 Å². The van der Waals surface area contributed by atoms with Crippen molar-refractivity contribution in [3.63, 3.8) is 0 Å². The molecule has 0 fully saturated rings. The first-order valence-electron chi connectivity index (χ1n) is 4.58. The fraction of sp³-hybridized carbons (Fsp3) is 0.444. The Hall–Kier alpha value is -1.87. The summed E-state index contributed by atoms with van der Waals surface area (Å²) in [6.07, 6.45) is 1.89. The first-order chi connectivity index (χ1) is 7.20. The van der Waals surface area contributed by atoms with Gasteiger partial charge in [0.05, 0.1) is 6.07 Å². The summed E-state index contributed by atoms with van der Waals surface area (Å²) in [6.45, 7) is 0.654. The van der Waals surface area contributed by atoms with Gasteiger partial charge in [-0.25, -0.2) is 4.79 Å². The van der Waals surface area contributed by atoms with E-state index < -0.39 is 5.69 Å². The van der Waals surface area contributed by atoms with Crippen LogP contribution >= 0.6 is 0 Å². The summed E-state index contributed by atoms with van der Waals surface area (Å²) >= 11 is 0. The maximum absolute atomic E-state index is 11.6. The summed E-state index contributed by atoms with van der Waals surface area (Å²) in [6, 6.07) is 3.12. The third-order valence-corrected chi connectivity index (χ3v) is 1.97. The van der Waals surface area contributed by atoms with Crippen LogP contribution in [-0.4, -0.2) is 15.7 Å². The summed E-state index contributed by atoms with van der Waals surface area (Å²) in [5, 5.41) is 8.46. The number of hydrogen-bond acceptors (Lipinski definition) is 4. The molecule has 1 heterocycles. The number of rotatable bonds is 4. The first kappa shape index (κ1) is 11.2. The Balaban J connectivity index is 3.14. The zero-order valence-corrected chi connectivity index (χ0v) is 8.22. The highest BCUT2D eigenvalue weighted by Crippen LogP contribution is 1.81. The minimum absolute atomic E-state index is 0.0538. The minimum Gasteiger partial charge on any atom is -0.330 e. The largest absolute Gasteiger partial charge is 0.331 e. The average molecular weight is 208 g/mol. The molecule has 0 aliphatic rings. The molecule has 15 heavy (non-hydrogen) atoms. The van der Waals surface area contributed by atoms with Gasteiger partial charge in [0.15, 0.2) is 0 Å². The second kappa shape index (κ2) is 5.12. The Morgan fingerprint density at radius 1 is 1.47 bits per heavy atom. The number of aromatic nitrogens is 2. The molecule has 1 rings (SSSR count). The Labute approximate surface area is 86.2 Å². The van der Waals surface area contributed by atoms with Crippen LogP contribution in [0.2, 0.25) is 0 Å². The molecule has 0 saturated carbocycles. The van der Waals surface area contributed by atoms with Gasteiger partial charge in [0.25, 0.3) is 5.56 Å². The van der Waals surface area contributed by atoms with E-state index in [1.807, 2.05) is 6.07 Å². The highest BCUT2D eigenvalue weighted by molar-refractivity contribution is 4.88. The zero-order chi connectivity index (χ0) is 11.3. The molecule has 0 aliphatic heterocycles. The summed E-state index contributed by atoms with van der Waals surface area (Å²) in [7, 11) is 0. The molecule has 0 spiro atoms. The smallest absolute Gasteiger partial charge is 0.330 e. The van der Waals surface area contributed by atoms with E-state index in [0.717, 1.165) is 4.57 Å². The SMILES string of the molecule is N#CCn1ccc(=O)n(CCCN)c1=O. The second-order valence-corrected chi connectivity index (χ2v) is 3.02. The number of hydrogen-bond donors (Lipinski definition) is 1. The molecule has 0 radical (unpaired) electrons. The van der Waals surface area contributed by atoms with Gasteiger partial charge < -0.3 is 5.73 Å². The van der Waals surface area contributed by atoms with Gasteiger partial charge in [-0.2, -0.15) is 5.26 Å². The first-order valence-corrected chi connectivity index (χ1v) is 4.58. The van der Waals surface area contributed by atoms with Crippen molar-refractivity contribution in [3.05, 3.63) is 33.1 Å². The Bertz CT molecular complexity index is 480. The molecule has 1 aromatic heterocycles. The second-order valence-electron chi connectivity index (χ2n) is 3.02. The van der Waals surface area contributed by atoms with Crippen LogP contribution in [0, 0.1) is 11.3 Å². The Kier molecular flexibility index (Phi) is 3.83. The summed E-state index contributed by atoms with van der Waals surface area (Å²) in [5.41, 5.74) is 4.48. The standard InChI is InChI=1S/C9H12N4O2/c10-3-1-5-13-8(14)2-6-12(7-4-11)9(13)15/h2,6H,1,3,5,7,10H2. The van der Waals surface area contributed by atoms with Crippen LogP contribution in [0.1, 0.15) is 6.42 Å². The van der Waals surface area contributed by atoms with Crippen molar-refractivity contribution < 1.29 is 0 Å². The van der Waals surface area contributed by atoms with Crippen molar-refractivity contribution in [3.8, 4) is 6.07 Å². The molecule has 0 aliphatic carbocycles. The maximum Gasteiger partial charge on any atom is 0.331 e. The van der Waals surface area contributed by atoms with Crippen LogP contribution in [0.4, 0.5) is 0 Å². The van der Waals surface area contributed by atoms with E-state index in [1.165, 1.54) is 16.8 Å². The third kappa shape index (κ3) is 2.54. The van der Waals surface area contributed by atoms with Crippen LogP contribution in [0.3, 0.4) is 0 Å². The normalized spacial score (nSPS) is 9.87. The van der Waals surface area contributed by atoms with Gasteiger partial charge in [0, 0.05) is 18.8 Å². The van der Waals surface area contributed by atoms with Crippen molar-refractivity contribution in [1.82, 2.24) is 9.13 Å². The number of nitrogens with zero attached hydrogens (tertiary/aromatic N) is 3. The molecular formula is C9H12N4O2. The van der Waals surface area contributed by atoms with E-state index in [-0.39, 0.29) is 12.1 Å². The highest BCUT2D eigenvalue weighted by Gasteiger charge is 2.03. The van der Waals surface area contributed by atoms with Crippen LogP contribution in [-0.2, 0) is 13.1 Å². The molecular weight excluding hydrogens is 196 g/mol. The predicted molar refractivity (Wildman–Crippen MR) is 54.2 cm³/mol. The van der Waals surface area contributed by atoms with Crippen molar-refractivity contribution in [2.24, 2.45) is 5.73 Å². The molecule has 0 aromatic carbocycles. The van der Waals surface area contributed by atoms with Gasteiger partial charge >= 0.3 is 5.69 Å². The van der Waals surface area contributed by atoms with E-state index in [0.29, 0.717) is 19.5 Å². The molecule has 1 aromatic rings. The van der Waals surface area contributed by atoms with E-state index in [2.05, 4.69) is 0 Å². The van der Waals surface area contributed by atoms with Gasteiger partial charge in [-0.15, -0.1) is 0 Å². The number of nitrogens with two attached hydrogens (primary N) is 1.